The lowest BCUT2D eigenvalue weighted by Gasteiger charge is -2.30. The highest BCUT2D eigenvalue weighted by Crippen LogP contribution is 2.19. The second-order valence-electron chi connectivity index (χ2n) is 4.85. The molecule has 8 heteroatoms. The van der Waals surface area contributed by atoms with Crippen LogP contribution in [-0.2, 0) is 14.8 Å². The Kier molecular flexibility index (Phi) is 5.49. The first-order valence-electron chi connectivity index (χ1n) is 6.87. The van der Waals surface area contributed by atoms with Gasteiger partial charge in [0.05, 0.1) is 17.9 Å². The Morgan fingerprint density at radius 1 is 1.62 bits per heavy atom. The average molecular weight is 329 g/mol. The molecule has 2 rings (SSSR count). The standard InChI is InChI=1S/C13H19N3O3S2/c1-2-21(18,19)16-7-3-5-11(10-16)13(17)15-14-9-12-6-4-8-20-12/h4,6,8-9,11H,2-3,5,7,10H2,1H3,(H,15,17). The number of nitrogens with zero attached hydrogens (tertiary/aromatic N) is 2. The van der Waals surface area contributed by atoms with Crippen molar-refractivity contribution in [3.8, 4) is 0 Å². The van der Waals surface area contributed by atoms with Crippen molar-refractivity contribution in [1.29, 1.82) is 0 Å². The fourth-order valence-corrected chi connectivity index (χ4v) is 3.97. The molecular weight excluding hydrogens is 310 g/mol. The van der Waals surface area contributed by atoms with Crippen LogP contribution in [0.2, 0.25) is 0 Å². The van der Waals surface area contributed by atoms with Crippen molar-refractivity contribution < 1.29 is 13.2 Å². The third-order valence-corrected chi connectivity index (χ3v) is 6.08. The highest BCUT2D eigenvalue weighted by Gasteiger charge is 2.31. The summed E-state index contributed by atoms with van der Waals surface area (Å²) in [6.45, 7) is 2.36. The van der Waals surface area contributed by atoms with Crippen LogP contribution in [0.1, 0.15) is 24.6 Å². The highest BCUT2D eigenvalue weighted by molar-refractivity contribution is 7.89. The number of carbonyl (C=O) groups is 1. The van der Waals surface area contributed by atoms with E-state index in [-0.39, 0.29) is 24.1 Å². The van der Waals surface area contributed by atoms with Crippen LogP contribution in [0.4, 0.5) is 0 Å². The van der Waals surface area contributed by atoms with Crippen LogP contribution in [-0.4, -0.2) is 43.7 Å². The quantitative estimate of drug-likeness (QED) is 0.652. The van der Waals surface area contributed by atoms with Gasteiger partial charge in [-0.25, -0.2) is 18.1 Å². The third-order valence-electron chi connectivity index (χ3n) is 3.42. The average Bonchev–Trinajstić information content (AvgIpc) is 3.00. The van der Waals surface area contributed by atoms with Crippen LogP contribution in [0.3, 0.4) is 0 Å². The second-order valence-corrected chi connectivity index (χ2v) is 8.08. The van der Waals surface area contributed by atoms with Crippen molar-refractivity contribution >= 4 is 33.5 Å². The molecule has 1 aromatic heterocycles. The highest BCUT2D eigenvalue weighted by atomic mass is 32.2. The van der Waals surface area contributed by atoms with Crippen molar-refractivity contribution in [3.05, 3.63) is 22.4 Å². The van der Waals surface area contributed by atoms with Gasteiger partial charge >= 0.3 is 0 Å². The zero-order chi connectivity index (χ0) is 15.3. The molecule has 2 heterocycles. The Balaban J connectivity index is 1.90. The molecule has 0 saturated carbocycles. The molecule has 1 saturated heterocycles. The molecule has 0 radical (unpaired) electrons. The van der Waals surface area contributed by atoms with Crippen LogP contribution in [0.25, 0.3) is 0 Å². The van der Waals surface area contributed by atoms with Gasteiger partial charge in [-0.05, 0) is 31.2 Å². The number of thiophene rings is 1. The molecule has 1 atom stereocenters. The summed E-state index contributed by atoms with van der Waals surface area (Å²) >= 11 is 1.53. The Morgan fingerprint density at radius 3 is 3.10 bits per heavy atom. The molecule has 116 valence electrons. The number of amides is 1. The summed E-state index contributed by atoms with van der Waals surface area (Å²) in [4.78, 5) is 13.0. The van der Waals surface area contributed by atoms with E-state index in [9.17, 15) is 13.2 Å². The molecule has 1 aromatic rings. The van der Waals surface area contributed by atoms with Crippen LogP contribution < -0.4 is 5.43 Å². The zero-order valence-electron chi connectivity index (χ0n) is 11.9. The van der Waals surface area contributed by atoms with Crippen LogP contribution in [0, 0.1) is 5.92 Å². The van der Waals surface area contributed by atoms with E-state index < -0.39 is 10.0 Å². The van der Waals surface area contributed by atoms with Gasteiger partial charge in [0.25, 0.3) is 0 Å². The number of rotatable bonds is 5. The minimum atomic E-state index is -3.23. The molecule has 1 unspecified atom stereocenters. The fraction of sp³-hybridized carbons (Fsp3) is 0.538. The number of piperidine rings is 1. The number of hydrogen-bond acceptors (Lipinski definition) is 5. The summed E-state index contributed by atoms with van der Waals surface area (Å²) in [5.41, 5.74) is 2.50. The molecule has 0 bridgehead atoms. The van der Waals surface area contributed by atoms with E-state index in [1.54, 1.807) is 13.1 Å². The minimum Gasteiger partial charge on any atom is -0.273 e. The zero-order valence-corrected chi connectivity index (χ0v) is 13.5. The molecule has 0 spiro atoms. The lowest BCUT2D eigenvalue weighted by atomic mass is 9.99. The van der Waals surface area contributed by atoms with Gasteiger partial charge < -0.3 is 0 Å². The van der Waals surface area contributed by atoms with Crippen molar-refractivity contribution in [2.45, 2.75) is 19.8 Å². The molecule has 1 N–H and O–H groups in total. The van der Waals surface area contributed by atoms with E-state index in [2.05, 4.69) is 10.5 Å². The lowest BCUT2D eigenvalue weighted by Crippen LogP contribution is -2.45. The van der Waals surface area contributed by atoms with Crippen LogP contribution in [0.5, 0.6) is 0 Å². The lowest BCUT2D eigenvalue weighted by molar-refractivity contribution is -0.126. The summed E-state index contributed by atoms with van der Waals surface area (Å²) < 4.78 is 25.1. The summed E-state index contributed by atoms with van der Waals surface area (Å²) in [5.74, 6) is -0.489. The molecule has 1 aliphatic rings. The molecule has 0 aromatic carbocycles. The molecule has 0 aliphatic carbocycles. The van der Waals surface area contributed by atoms with E-state index in [0.29, 0.717) is 19.4 Å². The number of hydrazone groups is 1. The maximum Gasteiger partial charge on any atom is 0.244 e. The van der Waals surface area contributed by atoms with E-state index in [1.165, 1.54) is 15.6 Å². The normalized spacial score (nSPS) is 20.7. The van der Waals surface area contributed by atoms with Gasteiger partial charge in [-0.3, -0.25) is 4.79 Å². The minimum absolute atomic E-state index is 0.0673. The van der Waals surface area contributed by atoms with Gasteiger partial charge in [0.15, 0.2) is 0 Å². The largest absolute Gasteiger partial charge is 0.273 e. The molecule has 6 nitrogen and oxygen atoms in total. The predicted octanol–water partition coefficient (Wildman–Crippen LogP) is 1.26. The third kappa shape index (κ3) is 4.36. The molecular formula is C13H19N3O3S2. The van der Waals surface area contributed by atoms with Gasteiger partial charge in [-0.15, -0.1) is 11.3 Å². The molecule has 1 amide bonds. The first-order valence-corrected chi connectivity index (χ1v) is 9.36. The van der Waals surface area contributed by atoms with Gasteiger partial charge in [-0.1, -0.05) is 6.07 Å². The topological polar surface area (TPSA) is 78.8 Å². The van der Waals surface area contributed by atoms with Gasteiger partial charge in [-0.2, -0.15) is 5.10 Å². The van der Waals surface area contributed by atoms with Crippen molar-refractivity contribution in [3.63, 3.8) is 0 Å². The maximum atomic E-state index is 12.0. The Hall–Kier alpha value is -1.25. The summed E-state index contributed by atoms with van der Waals surface area (Å²) in [7, 11) is -3.23. The summed E-state index contributed by atoms with van der Waals surface area (Å²) in [5, 5.41) is 5.84. The van der Waals surface area contributed by atoms with Crippen molar-refractivity contribution in [2.75, 3.05) is 18.8 Å². The first kappa shape index (κ1) is 16.1. The summed E-state index contributed by atoms with van der Waals surface area (Å²) in [6.07, 6.45) is 2.98. The Bertz CT molecular complexity index is 596. The SMILES string of the molecule is CCS(=O)(=O)N1CCCC(C(=O)NN=Cc2cccs2)C1. The monoisotopic (exact) mass is 329 g/mol. The number of sulfonamides is 1. The van der Waals surface area contributed by atoms with Crippen molar-refractivity contribution in [2.24, 2.45) is 11.0 Å². The van der Waals surface area contributed by atoms with Gasteiger partial charge in [0.1, 0.15) is 0 Å². The molecule has 1 fully saturated rings. The second kappa shape index (κ2) is 7.15. The number of carbonyl (C=O) groups excluding carboxylic acids is 1. The van der Waals surface area contributed by atoms with Crippen LogP contribution in [0.15, 0.2) is 22.6 Å². The van der Waals surface area contributed by atoms with E-state index in [4.69, 9.17) is 0 Å². The van der Waals surface area contributed by atoms with E-state index >= 15 is 0 Å². The van der Waals surface area contributed by atoms with Gasteiger partial charge in [0, 0.05) is 18.0 Å². The molecule has 1 aliphatic heterocycles. The Labute approximate surface area is 128 Å². The van der Waals surface area contributed by atoms with E-state index in [0.717, 1.165) is 4.88 Å². The number of nitrogens with one attached hydrogen (secondary N) is 1. The van der Waals surface area contributed by atoms with Crippen molar-refractivity contribution in [1.82, 2.24) is 9.73 Å². The summed E-state index contributed by atoms with van der Waals surface area (Å²) in [6, 6.07) is 3.80. The Morgan fingerprint density at radius 2 is 2.43 bits per heavy atom. The molecule has 21 heavy (non-hydrogen) atoms. The van der Waals surface area contributed by atoms with E-state index in [1.807, 2.05) is 17.5 Å². The maximum absolute atomic E-state index is 12.0. The fourth-order valence-electron chi connectivity index (χ4n) is 2.21. The first-order chi connectivity index (χ1) is 10.0. The van der Waals surface area contributed by atoms with Gasteiger partial charge in [0.2, 0.25) is 15.9 Å². The van der Waals surface area contributed by atoms with Crippen LogP contribution >= 0.6 is 11.3 Å². The predicted molar refractivity (Wildman–Crippen MR) is 83.8 cm³/mol. The smallest absolute Gasteiger partial charge is 0.244 e. The number of hydrogen-bond donors (Lipinski definition) is 1.